The van der Waals surface area contributed by atoms with E-state index in [0.29, 0.717) is 14.5 Å². The molecule has 2 aliphatic rings. The normalized spacial score (nSPS) is 20.9. The van der Waals surface area contributed by atoms with Crippen LogP contribution in [0.25, 0.3) is 11.1 Å². The quantitative estimate of drug-likeness (QED) is 0.695. The molecule has 0 radical (unpaired) electrons. The topological polar surface area (TPSA) is 0 Å². The molecule has 0 aromatic carbocycles. The predicted octanol–water partition coefficient (Wildman–Crippen LogP) is 4.66. The van der Waals surface area contributed by atoms with Crippen molar-refractivity contribution >= 4 is 25.6 Å². The van der Waals surface area contributed by atoms with Crippen LogP contribution < -0.4 is 0 Å². The van der Waals surface area contributed by atoms with Crippen LogP contribution >= 0.6 is 0 Å². The van der Waals surface area contributed by atoms with Gasteiger partial charge in [-0.2, -0.15) is 0 Å². The van der Waals surface area contributed by atoms with E-state index in [0.717, 1.165) is 0 Å². The fraction of sp³-hybridized carbons (Fsp3) is 0.500. The van der Waals surface area contributed by atoms with E-state index in [1.807, 2.05) is 0 Å². The van der Waals surface area contributed by atoms with Crippen LogP contribution in [0.3, 0.4) is 0 Å². The molecule has 1 heteroatoms. The van der Waals surface area contributed by atoms with E-state index in [-0.39, 0.29) is 0 Å². The molecule has 2 aliphatic carbocycles. The molecule has 17 heavy (non-hydrogen) atoms. The molecule has 0 saturated carbocycles. The Morgan fingerprint density at radius 1 is 0.706 bits per heavy atom. The molecule has 1 aromatic rings. The molecule has 0 atom stereocenters. The van der Waals surface area contributed by atoms with Crippen molar-refractivity contribution in [3.8, 4) is 0 Å². The van der Waals surface area contributed by atoms with E-state index in [1.165, 1.54) is 51.4 Å². The van der Waals surface area contributed by atoms with Crippen LogP contribution in [0.5, 0.6) is 0 Å². The molecule has 0 spiro atoms. The molecule has 0 unspecified atom stereocenters. The summed E-state index contributed by atoms with van der Waals surface area (Å²) in [6.45, 7) is 0. The van der Waals surface area contributed by atoms with Crippen molar-refractivity contribution in [2.24, 2.45) is 0 Å². The van der Waals surface area contributed by atoms with Gasteiger partial charge in [-0.05, 0) is 0 Å². The van der Waals surface area contributed by atoms with Gasteiger partial charge < -0.3 is 0 Å². The molecule has 90 valence electrons. The van der Waals surface area contributed by atoms with Crippen molar-refractivity contribution in [3.63, 3.8) is 0 Å². The third-order valence-electron chi connectivity index (χ3n) is 3.94. The molecule has 0 aliphatic heterocycles. The van der Waals surface area contributed by atoms with Crippen LogP contribution in [-0.4, -0.2) is 14.5 Å². The van der Waals surface area contributed by atoms with Crippen molar-refractivity contribution in [1.29, 1.82) is 0 Å². The summed E-state index contributed by atoms with van der Waals surface area (Å²) in [4.78, 5) is 5.02. The van der Waals surface area contributed by atoms with Crippen LogP contribution in [0.2, 0.25) is 0 Å². The zero-order chi connectivity index (χ0) is 11.5. The summed E-state index contributed by atoms with van der Waals surface area (Å²) in [7, 11) is 0. The summed E-state index contributed by atoms with van der Waals surface area (Å²) in [5, 5.41) is 0. The second-order valence-corrected chi connectivity index (χ2v) is 6.71. The van der Waals surface area contributed by atoms with Crippen molar-refractivity contribution in [2.75, 3.05) is 0 Å². The Labute approximate surface area is 110 Å². The number of allylic oxidation sites excluding steroid dienone is 4. The van der Waals surface area contributed by atoms with Crippen LogP contribution in [0.1, 0.15) is 62.5 Å². The number of hydrogen-bond donors (Lipinski definition) is 0. The molecule has 1 heterocycles. The summed E-state index contributed by atoms with van der Waals surface area (Å²) in [5.41, 5.74) is 6.51. The van der Waals surface area contributed by atoms with Gasteiger partial charge in [0.05, 0.1) is 0 Å². The summed E-state index contributed by atoms with van der Waals surface area (Å²) in [6.07, 6.45) is 15.8. The summed E-state index contributed by atoms with van der Waals surface area (Å²) < 4.78 is 0. The SMILES string of the molecule is C1=C(c2c[se]cc2C2=CCCCC2)CCCC1. The van der Waals surface area contributed by atoms with Gasteiger partial charge in [0.15, 0.2) is 0 Å². The number of hydrogen-bond acceptors (Lipinski definition) is 0. The average Bonchev–Trinajstić information content (AvgIpc) is 2.90. The Morgan fingerprint density at radius 3 is 1.65 bits per heavy atom. The van der Waals surface area contributed by atoms with Gasteiger partial charge in [-0.25, -0.2) is 0 Å². The fourth-order valence-corrected chi connectivity index (χ4v) is 4.84. The second kappa shape index (κ2) is 5.42. The Balaban J connectivity index is 1.93. The summed E-state index contributed by atoms with van der Waals surface area (Å²) in [6, 6.07) is 0. The Kier molecular flexibility index (Phi) is 3.68. The maximum absolute atomic E-state index is 2.51. The Morgan fingerprint density at radius 2 is 1.24 bits per heavy atom. The van der Waals surface area contributed by atoms with Crippen molar-refractivity contribution < 1.29 is 0 Å². The van der Waals surface area contributed by atoms with Gasteiger partial charge in [0.1, 0.15) is 0 Å². The molecule has 0 saturated heterocycles. The molecule has 0 amide bonds. The predicted molar refractivity (Wildman–Crippen MR) is 76.3 cm³/mol. The monoisotopic (exact) mass is 292 g/mol. The van der Waals surface area contributed by atoms with Gasteiger partial charge in [-0.1, -0.05) is 0 Å². The Hall–Kier alpha value is -0.521. The average molecular weight is 291 g/mol. The van der Waals surface area contributed by atoms with E-state index in [9.17, 15) is 0 Å². The van der Waals surface area contributed by atoms with Crippen molar-refractivity contribution in [2.45, 2.75) is 51.4 Å². The van der Waals surface area contributed by atoms with E-state index < -0.39 is 0 Å². The molecule has 0 fully saturated rings. The minimum absolute atomic E-state index is 0.612. The zero-order valence-electron chi connectivity index (χ0n) is 10.4. The van der Waals surface area contributed by atoms with E-state index in [4.69, 9.17) is 0 Å². The van der Waals surface area contributed by atoms with Gasteiger partial charge in [0.25, 0.3) is 0 Å². The minimum atomic E-state index is 0.612. The first-order chi connectivity index (χ1) is 8.45. The first kappa shape index (κ1) is 11.6. The third kappa shape index (κ3) is 2.51. The number of rotatable bonds is 2. The van der Waals surface area contributed by atoms with E-state index >= 15 is 0 Å². The summed E-state index contributed by atoms with van der Waals surface area (Å²) >= 11 is 0.612. The van der Waals surface area contributed by atoms with Crippen molar-refractivity contribution in [1.82, 2.24) is 0 Å². The van der Waals surface area contributed by atoms with Gasteiger partial charge in [0.2, 0.25) is 0 Å². The second-order valence-electron chi connectivity index (χ2n) is 5.15. The van der Waals surface area contributed by atoms with Crippen molar-refractivity contribution in [3.05, 3.63) is 33.2 Å². The maximum atomic E-state index is 2.51. The van der Waals surface area contributed by atoms with E-state index in [2.05, 4.69) is 22.0 Å². The summed E-state index contributed by atoms with van der Waals surface area (Å²) in [5.74, 6) is 0. The first-order valence-electron chi connectivity index (χ1n) is 6.90. The molecule has 0 N–H and O–H groups in total. The van der Waals surface area contributed by atoms with Crippen LogP contribution in [-0.2, 0) is 0 Å². The third-order valence-corrected chi connectivity index (χ3v) is 5.50. The molecule has 0 bridgehead atoms. The zero-order valence-corrected chi connectivity index (χ0v) is 12.1. The molecule has 3 rings (SSSR count). The molecule has 0 nitrogen and oxygen atoms in total. The van der Waals surface area contributed by atoms with Gasteiger partial charge in [-0.3, -0.25) is 0 Å². The molecule has 1 aromatic heterocycles. The van der Waals surface area contributed by atoms with Crippen LogP contribution in [0, 0.1) is 0 Å². The first-order valence-corrected chi connectivity index (χ1v) is 8.88. The van der Waals surface area contributed by atoms with Gasteiger partial charge >= 0.3 is 110 Å². The van der Waals surface area contributed by atoms with Gasteiger partial charge in [0, 0.05) is 0 Å². The van der Waals surface area contributed by atoms with E-state index in [1.54, 1.807) is 22.3 Å². The molecular weight excluding hydrogens is 271 g/mol. The van der Waals surface area contributed by atoms with Crippen LogP contribution in [0.15, 0.2) is 22.0 Å². The Bertz CT molecular complexity index is 407. The molecular formula is C16H20Se. The standard InChI is InChI=1S/C16H20Se/c1-3-7-13(8-4-1)15-11-17-12-16(15)14-9-5-2-6-10-14/h7,9,11-12H,1-6,8,10H2. The fourth-order valence-electron chi connectivity index (χ4n) is 2.96. The van der Waals surface area contributed by atoms with Gasteiger partial charge in [-0.15, -0.1) is 0 Å². The van der Waals surface area contributed by atoms with Crippen LogP contribution in [0.4, 0.5) is 0 Å².